The summed E-state index contributed by atoms with van der Waals surface area (Å²) in [5.74, 6) is 1.28. The van der Waals surface area contributed by atoms with Crippen LogP contribution in [0.5, 0.6) is 5.75 Å². The van der Waals surface area contributed by atoms with Gasteiger partial charge in [-0.1, -0.05) is 13.5 Å². The van der Waals surface area contributed by atoms with Crippen molar-refractivity contribution in [2.24, 2.45) is 0 Å². The summed E-state index contributed by atoms with van der Waals surface area (Å²) < 4.78 is 14.2. The number of carbonyl (C=O) groups excluding carboxylic acids is 1. The molecule has 0 spiro atoms. The fourth-order valence-electron chi connectivity index (χ4n) is 4.53. The first-order chi connectivity index (χ1) is 16.0. The third-order valence-electron chi connectivity index (χ3n) is 5.93. The number of nitrogens with two attached hydrogens (primary N) is 1. The van der Waals surface area contributed by atoms with Crippen molar-refractivity contribution in [2.45, 2.75) is 27.5 Å². The highest BCUT2D eigenvalue weighted by atomic mass is 32.1. The average molecular weight is 501 g/mol. The molecule has 4 aromatic rings. The van der Waals surface area contributed by atoms with Crippen molar-refractivity contribution < 1.29 is 19.7 Å². The number of fused-ring (bicyclic) bond motifs is 2. The van der Waals surface area contributed by atoms with Crippen LogP contribution in [0.2, 0.25) is 0 Å². The number of nitrogens with one attached hydrogen (secondary N) is 1. The summed E-state index contributed by atoms with van der Waals surface area (Å²) in [4.78, 5) is 19.4. The van der Waals surface area contributed by atoms with Gasteiger partial charge in [-0.25, -0.2) is 9.50 Å². The molecule has 1 saturated heterocycles. The standard InChI is InChI=1S/C23H26N6O3S.CH4.H2O/c1-13-6-14-8-18(33-22(14)17(7-13)32-3)20-15(11-31-2)16(9-28-5-4-25-19(30)10-28)29-21(20)23(24)26-12-27-29;;/h6-8,12H,4-5,9-11H2,1-3H3,(H,25,30)(H2,24,26,27);1H4;1H2. The van der Waals surface area contributed by atoms with Crippen LogP contribution in [0.15, 0.2) is 24.5 Å². The van der Waals surface area contributed by atoms with Crippen molar-refractivity contribution in [3.05, 3.63) is 41.3 Å². The molecule has 5 N–H and O–H groups in total. The fraction of sp³-hybridized carbons (Fsp3) is 0.375. The predicted molar refractivity (Wildman–Crippen MR) is 139 cm³/mol. The molecular weight excluding hydrogens is 468 g/mol. The zero-order chi connectivity index (χ0) is 23.1. The first-order valence-electron chi connectivity index (χ1n) is 10.7. The minimum Gasteiger partial charge on any atom is -0.495 e. The third-order valence-corrected chi connectivity index (χ3v) is 7.12. The van der Waals surface area contributed by atoms with Crippen LogP contribution in [-0.2, 0) is 22.7 Å². The van der Waals surface area contributed by atoms with E-state index in [-0.39, 0.29) is 18.8 Å². The molecule has 0 aliphatic carbocycles. The molecule has 4 heterocycles. The van der Waals surface area contributed by atoms with Crippen molar-refractivity contribution in [3.8, 4) is 16.2 Å². The monoisotopic (exact) mass is 500 g/mol. The number of carbonyl (C=O) groups is 1. The van der Waals surface area contributed by atoms with Crippen LogP contribution in [0.3, 0.4) is 0 Å². The molecule has 1 aliphatic heterocycles. The van der Waals surface area contributed by atoms with E-state index in [1.807, 2.05) is 10.6 Å². The molecule has 11 heteroatoms. The molecule has 0 atom stereocenters. The molecule has 0 bridgehead atoms. The van der Waals surface area contributed by atoms with E-state index in [1.165, 1.54) is 6.33 Å². The van der Waals surface area contributed by atoms with Gasteiger partial charge in [0.15, 0.2) is 5.82 Å². The van der Waals surface area contributed by atoms with Gasteiger partial charge in [-0.2, -0.15) is 5.10 Å². The van der Waals surface area contributed by atoms with Gasteiger partial charge < -0.3 is 26.0 Å². The number of hydrogen-bond donors (Lipinski definition) is 2. The normalized spacial score (nSPS) is 14.0. The molecule has 35 heavy (non-hydrogen) atoms. The van der Waals surface area contributed by atoms with Gasteiger partial charge in [0.05, 0.1) is 30.7 Å². The molecular formula is C24H32N6O4S. The average Bonchev–Trinajstić information content (AvgIpc) is 3.33. The number of anilines is 1. The molecule has 1 aromatic carbocycles. The SMILES string of the molecule is C.COCc1c(-c2cc3cc(C)cc(OC)c3s2)c2c(N)ncnn2c1CN1CCNC(=O)C1.O. The number of nitrogens with zero attached hydrogens (tertiary/aromatic N) is 4. The number of nitrogen functional groups attached to an aromatic ring is 1. The highest BCUT2D eigenvalue weighted by molar-refractivity contribution is 7.22. The van der Waals surface area contributed by atoms with E-state index >= 15 is 0 Å². The molecule has 3 aromatic heterocycles. The van der Waals surface area contributed by atoms with Crippen LogP contribution in [-0.4, -0.2) is 64.7 Å². The topological polar surface area (TPSA) is 139 Å². The Morgan fingerprint density at radius 2 is 2.06 bits per heavy atom. The van der Waals surface area contributed by atoms with Crippen molar-refractivity contribution in [1.29, 1.82) is 0 Å². The Kier molecular flexibility index (Phi) is 7.96. The van der Waals surface area contributed by atoms with Crippen molar-refractivity contribution >= 4 is 38.7 Å². The summed E-state index contributed by atoms with van der Waals surface area (Å²) in [6.07, 6.45) is 1.46. The largest absolute Gasteiger partial charge is 0.495 e. The Balaban J connectivity index is 0.00000171. The van der Waals surface area contributed by atoms with E-state index in [1.54, 1.807) is 25.6 Å². The number of ether oxygens (including phenoxy) is 2. The summed E-state index contributed by atoms with van der Waals surface area (Å²) in [6, 6.07) is 6.36. The summed E-state index contributed by atoms with van der Waals surface area (Å²) in [5, 5.41) is 8.53. The lowest BCUT2D eigenvalue weighted by molar-refractivity contribution is -0.124. The second-order valence-electron chi connectivity index (χ2n) is 8.20. The predicted octanol–water partition coefficient (Wildman–Crippen LogP) is 2.40. The van der Waals surface area contributed by atoms with Gasteiger partial charge in [0, 0.05) is 42.7 Å². The van der Waals surface area contributed by atoms with E-state index in [2.05, 4.69) is 39.4 Å². The van der Waals surface area contributed by atoms with Gasteiger partial charge in [-0.05, 0) is 30.0 Å². The number of amides is 1. The highest BCUT2D eigenvalue weighted by Gasteiger charge is 2.27. The van der Waals surface area contributed by atoms with Crippen LogP contribution in [0.4, 0.5) is 5.82 Å². The Morgan fingerprint density at radius 1 is 1.26 bits per heavy atom. The van der Waals surface area contributed by atoms with E-state index in [0.29, 0.717) is 32.1 Å². The van der Waals surface area contributed by atoms with Crippen molar-refractivity contribution in [1.82, 2.24) is 24.8 Å². The maximum Gasteiger partial charge on any atom is 0.234 e. The summed E-state index contributed by atoms with van der Waals surface area (Å²) in [7, 11) is 3.37. The van der Waals surface area contributed by atoms with Crippen LogP contribution in [0.1, 0.15) is 24.2 Å². The minimum absolute atomic E-state index is 0. The van der Waals surface area contributed by atoms with E-state index < -0.39 is 0 Å². The van der Waals surface area contributed by atoms with Gasteiger partial charge in [0.2, 0.25) is 5.91 Å². The van der Waals surface area contributed by atoms with Crippen LogP contribution < -0.4 is 15.8 Å². The van der Waals surface area contributed by atoms with Gasteiger partial charge in [0.1, 0.15) is 17.6 Å². The minimum atomic E-state index is 0. The number of aryl methyl sites for hydroxylation is 1. The lowest BCUT2D eigenvalue weighted by Crippen LogP contribution is -2.47. The van der Waals surface area contributed by atoms with E-state index in [4.69, 9.17) is 15.2 Å². The van der Waals surface area contributed by atoms with Gasteiger partial charge in [-0.3, -0.25) is 9.69 Å². The molecule has 188 valence electrons. The Bertz CT molecular complexity index is 1370. The molecule has 1 fully saturated rings. The van der Waals surface area contributed by atoms with Crippen molar-refractivity contribution in [3.63, 3.8) is 0 Å². The van der Waals surface area contributed by atoms with Crippen LogP contribution in [0, 0.1) is 6.92 Å². The first-order valence-corrected chi connectivity index (χ1v) is 11.5. The molecule has 10 nitrogen and oxygen atoms in total. The number of methoxy groups -OCH3 is 2. The van der Waals surface area contributed by atoms with E-state index in [9.17, 15) is 4.79 Å². The van der Waals surface area contributed by atoms with Crippen LogP contribution >= 0.6 is 11.3 Å². The summed E-state index contributed by atoms with van der Waals surface area (Å²) >= 11 is 1.65. The summed E-state index contributed by atoms with van der Waals surface area (Å²) in [6.45, 7) is 4.73. The number of thiophene rings is 1. The quantitative estimate of drug-likeness (QED) is 0.414. The Hall–Kier alpha value is -3.25. The third kappa shape index (κ3) is 4.67. The van der Waals surface area contributed by atoms with Crippen LogP contribution in [0.25, 0.3) is 26.0 Å². The second-order valence-corrected chi connectivity index (χ2v) is 9.25. The molecule has 1 amide bonds. The molecule has 1 aliphatic rings. The maximum atomic E-state index is 12.0. The van der Waals surface area contributed by atoms with Gasteiger partial charge in [-0.15, -0.1) is 11.3 Å². The first kappa shape index (κ1) is 26.4. The summed E-state index contributed by atoms with van der Waals surface area (Å²) in [5.41, 5.74) is 11.2. The zero-order valence-electron chi connectivity index (χ0n) is 19.3. The molecule has 0 saturated carbocycles. The molecule has 0 unspecified atom stereocenters. The zero-order valence-corrected chi connectivity index (χ0v) is 20.2. The smallest absolute Gasteiger partial charge is 0.234 e. The molecule has 5 rings (SSSR count). The Morgan fingerprint density at radius 3 is 2.77 bits per heavy atom. The van der Waals surface area contributed by atoms with E-state index in [0.717, 1.165) is 55.2 Å². The maximum absolute atomic E-state index is 12.0. The van der Waals surface area contributed by atoms with Gasteiger partial charge >= 0.3 is 0 Å². The number of benzene rings is 1. The van der Waals surface area contributed by atoms with Gasteiger partial charge in [0.25, 0.3) is 0 Å². The lowest BCUT2D eigenvalue weighted by Gasteiger charge is -2.26. The Labute approximate surface area is 208 Å². The number of piperazine rings is 1. The fourth-order valence-corrected chi connectivity index (χ4v) is 5.73. The molecule has 0 radical (unpaired) electrons. The number of rotatable bonds is 6. The number of hydrogen-bond acceptors (Lipinski definition) is 8. The second kappa shape index (κ2) is 10.6. The van der Waals surface area contributed by atoms with Crippen molar-refractivity contribution in [2.75, 3.05) is 39.6 Å². The lowest BCUT2D eigenvalue weighted by atomic mass is 10.1. The highest BCUT2D eigenvalue weighted by Crippen LogP contribution is 2.44. The number of aromatic nitrogens is 3.